The van der Waals surface area contributed by atoms with E-state index in [0.29, 0.717) is 28.9 Å². The molecule has 2 fully saturated rings. The summed E-state index contributed by atoms with van der Waals surface area (Å²) in [5.74, 6) is 1.31. The molecular formula is C21H30N4O2S. The van der Waals surface area contributed by atoms with Crippen molar-refractivity contribution < 1.29 is 4.79 Å². The monoisotopic (exact) mass is 402 g/mol. The molecule has 3 aliphatic rings. The van der Waals surface area contributed by atoms with E-state index >= 15 is 0 Å². The summed E-state index contributed by atoms with van der Waals surface area (Å²) in [6, 6.07) is 5.84. The van der Waals surface area contributed by atoms with Crippen molar-refractivity contribution in [1.29, 1.82) is 0 Å². The molecule has 0 unspecified atom stereocenters. The molecule has 0 radical (unpaired) electrons. The van der Waals surface area contributed by atoms with Crippen LogP contribution < -0.4 is 16.2 Å². The summed E-state index contributed by atoms with van der Waals surface area (Å²) in [5, 5.41) is 6.97. The van der Waals surface area contributed by atoms with Gasteiger partial charge < -0.3 is 20.1 Å². The zero-order valence-electron chi connectivity index (χ0n) is 16.5. The molecule has 6 nitrogen and oxygen atoms in total. The highest BCUT2D eigenvalue weighted by Gasteiger charge is 2.35. The molecule has 0 spiro atoms. The highest BCUT2D eigenvalue weighted by molar-refractivity contribution is 7.80. The largest absolute Gasteiger partial charge is 0.354 e. The van der Waals surface area contributed by atoms with E-state index in [4.69, 9.17) is 12.2 Å². The number of aromatic nitrogens is 1. The van der Waals surface area contributed by atoms with Gasteiger partial charge in [-0.3, -0.25) is 9.59 Å². The van der Waals surface area contributed by atoms with Crippen molar-refractivity contribution in [1.82, 2.24) is 20.1 Å². The van der Waals surface area contributed by atoms with E-state index in [1.165, 1.54) is 19.3 Å². The Balaban J connectivity index is 1.31. The van der Waals surface area contributed by atoms with Gasteiger partial charge in [-0.25, -0.2) is 0 Å². The van der Waals surface area contributed by atoms with Crippen LogP contribution in [-0.4, -0.2) is 46.2 Å². The number of nitrogens with zero attached hydrogens (tertiary/aromatic N) is 2. The molecule has 152 valence electrons. The molecular weight excluding hydrogens is 372 g/mol. The van der Waals surface area contributed by atoms with E-state index in [9.17, 15) is 9.59 Å². The van der Waals surface area contributed by atoms with Gasteiger partial charge in [-0.1, -0.05) is 25.8 Å². The number of hydrogen-bond acceptors (Lipinski definition) is 3. The first-order chi connectivity index (χ1) is 13.5. The van der Waals surface area contributed by atoms with Gasteiger partial charge in [-0.2, -0.15) is 0 Å². The van der Waals surface area contributed by atoms with Crippen molar-refractivity contribution in [2.45, 2.75) is 57.5 Å². The lowest BCUT2D eigenvalue weighted by Gasteiger charge is -2.43. The fourth-order valence-electron chi connectivity index (χ4n) is 5.12. The van der Waals surface area contributed by atoms with Crippen LogP contribution in [0.2, 0.25) is 0 Å². The number of pyridine rings is 1. The molecule has 1 saturated heterocycles. The number of rotatable bonds is 3. The van der Waals surface area contributed by atoms with Gasteiger partial charge in [-0.05, 0) is 49.4 Å². The van der Waals surface area contributed by atoms with Gasteiger partial charge in [0, 0.05) is 43.4 Å². The summed E-state index contributed by atoms with van der Waals surface area (Å²) in [6.45, 7) is 4.84. The Kier molecular flexibility index (Phi) is 5.71. The van der Waals surface area contributed by atoms with Crippen molar-refractivity contribution in [3.63, 3.8) is 0 Å². The lowest BCUT2D eigenvalue weighted by atomic mass is 9.83. The second kappa shape index (κ2) is 8.23. The fraction of sp³-hybridized carbons (Fsp3) is 0.667. The molecule has 1 aliphatic carbocycles. The Bertz CT molecular complexity index is 808. The smallest absolute Gasteiger partial charge is 0.250 e. The van der Waals surface area contributed by atoms with Gasteiger partial charge in [0.05, 0.1) is 6.54 Å². The highest BCUT2D eigenvalue weighted by atomic mass is 32.1. The lowest BCUT2D eigenvalue weighted by molar-refractivity contribution is -0.121. The molecule has 2 N–H and O–H groups in total. The van der Waals surface area contributed by atoms with Crippen LogP contribution in [0.15, 0.2) is 23.0 Å². The molecule has 4 rings (SSSR count). The maximum absolute atomic E-state index is 12.4. The zero-order chi connectivity index (χ0) is 19.7. The van der Waals surface area contributed by atoms with Crippen molar-refractivity contribution in [3.05, 3.63) is 34.2 Å². The molecule has 2 aliphatic heterocycles. The summed E-state index contributed by atoms with van der Waals surface area (Å²) in [5.41, 5.74) is 1.20. The molecule has 1 saturated carbocycles. The number of hydrogen-bond donors (Lipinski definition) is 2. The van der Waals surface area contributed by atoms with Crippen LogP contribution in [0, 0.1) is 11.8 Å². The summed E-state index contributed by atoms with van der Waals surface area (Å²) in [6.07, 6.45) is 5.83. The van der Waals surface area contributed by atoms with Crippen LogP contribution in [-0.2, 0) is 11.3 Å². The Morgan fingerprint density at radius 2 is 2.04 bits per heavy atom. The van der Waals surface area contributed by atoms with Crippen LogP contribution in [0.25, 0.3) is 0 Å². The third-order valence-corrected chi connectivity index (χ3v) is 7.03. The predicted molar refractivity (Wildman–Crippen MR) is 113 cm³/mol. The third kappa shape index (κ3) is 4.09. The quantitative estimate of drug-likeness (QED) is 0.756. The first-order valence-corrected chi connectivity index (χ1v) is 10.9. The topological polar surface area (TPSA) is 66.4 Å². The van der Waals surface area contributed by atoms with Gasteiger partial charge >= 0.3 is 0 Å². The van der Waals surface area contributed by atoms with E-state index < -0.39 is 0 Å². The highest BCUT2D eigenvalue weighted by Crippen LogP contribution is 2.34. The van der Waals surface area contributed by atoms with Gasteiger partial charge in [0.2, 0.25) is 5.91 Å². The standard InChI is InChI=1S/C21H30N4O2S/c1-14-5-2-3-6-17(14)23-19(26)10-22-21(28)24-11-15-9-16(13-24)18-7-4-8-20(27)25(18)12-15/h4,7-8,14-17H,2-3,5-6,9-13H2,1H3,(H,22,28)(H,23,26)/t14-,15-,16+,17-/m1/s1. The summed E-state index contributed by atoms with van der Waals surface area (Å²) < 4.78 is 1.92. The van der Waals surface area contributed by atoms with Gasteiger partial charge in [0.25, 0.3) is 5.56 Å². The molecule has 0 aromatic carbocycles. The summed E-state index contributed by atoms with van der Waals surface area (Å²) in [7, 11) is 0. The number of piperidine rings is 1. The van der Waals surface area contributed by atoms with Crippen LogP contribution in [0.4, 0.5) is 0 Å². The van der Waals surface area contributed by atoms with Crippen LogP contribution >= 0.6 is 12.2 Å². The van der Waals surface area contributed by atoms with E-state index in [2.05, 4.69) is 28.5 Å². The minimum absolute atomic E-state index is 0.0233. The maximum atomic E-state index is 12.4. The molecule has 1 aromatic rings. The lowest BCUT2D eigenvalue weighted by Crippen LogP contribution is -2.53. The average Bonchev–Trinajstić information content (AvgIpc) is 2.68. The number of likely N-dealkylation sites (tertiary alicyclic amines) is 1. The van der Waals surface area contributed by atoms with Crippen molar-refractivity contribution in [3.8, 4) is 0 Å². The SMILES string of the molecule is C[C@@H]1CCCC[C@H]1NC(=O)CNC(=S)N1C[C@H]2C[C@@H](C1)c1cccc(=O)n1C2. The summed E-state index contributed by atoms with van der Waals surface area (Å²) >= 11 is 5.59. The normalized spacial score (nSPS) is 29.0. The number of carbonyl (C=O) groups is 1. The number of thiocarbonyl (C=S) groups is 1. The van der Waals surface area contributed by atoms with Gasteiger partial charge in [0.1, 0.15) is 0 Å². The third-order valence-electron chi connectivity index (χ3n) is 6.62. The Morgan fingerprint density at radius 3 is 2.86 bits per heavy atom. The van der Waals surface area contributed by atoms with Gasteiger partial charge in [0.15, 0.2) is 5.11 Å². The number of nitrogens with one attached hydrogen (secondary N) is 2. The predicted octanol–water partition coefficient (Wildman–Crippen LogP) is 1.84. The van der Waals surface area contributed by atoms with Crippen molar-refractivity contribution in [2.75, 3.05) is 19.6 Å². The Morgan fingerprint density at radius 1 is 1.21 bits per heavy atom. The molecule has 4 atom stereocenters. The molecule has 7 heteroatoms. The second-order valence-electron chi connectivity index (χ2n) is 8.70. The molecule has 3 heterocycles. The van der Waals surface area contributed by atoms with E-state index in [-0.39, 0.29) is 18.0 Å². The Hall–Kier alpha value is -1.89. The van der Waals surface area contributed by atoms with Crippen LogP contribution in [0.3, 0.4) is 0 Å². The first-order valence-electron chi connectivity index (χ1n) is 10.5. The maximum Gasteiger partial charge on any atom is 0.250 e. The number of carbonyl (C=O) groups excluding carboxylic acids is 1. The Labute approximate surface area is 171 Å². The molecule has 1 amide bonds. The minimum atomic E-state index is 0.0233. The first kappa shape index (κ1) is 19.4. The number of fused-ring (bicyclic) bond motifs is 4. The minimum Gasteiger partial charge on any atom is -0.354 e. The fourth-order valence-corrected chi connectivity index (χ4v) is 5.34. The van der Waals surface area contributed by atoms with Crippen molar-refractivity contribution in [2.24, 2.45) is 11.8 Å². The van der Waals surface area contributed by atoms with E-state index in [1.54, 1.807) is 6.07 Å². The molecule has 1 aromatic heterocycles. The van der Waals surface area contributed by atoms with E-state index in [1.807, 2.05) is 10.6 Å². The second-order valence-corrected chi connectivity index (χ2v) is 9.08. The van der Waals surface area contributed by atoms with Gasteiger partial charge in [-0.15, -0.1) is 0 Å². The summed E-state index contributed by atoms with van der Waals surface area (Å²) in [4.78, 5) is 26.7. The zero-order valence-corrected chi connectivity index (χ0v) is 17.3. The van der Waals surface area contributed by atoms with Crippen molar-refractivity contribution >= 4 is 23.2 Å². The molecule has 2 bridgehead atoms. The number of amides is 1. The van der Waals surface area contributed by atoms with Crippen LogP contribution in [0.5, 0.6) is 0 Å². The molecule has 28 heavy (non-hydrogen) atoms. The average molecular weight is 403 g/mol. The van der Waals surface area contributed by atoms with E-state index in [0.717, 1.165) is 38.2 Å². The van der Waals surface area contributed by atoms with Crippen LogP contribution in [0.1, 0.15) is 50.6 Å².